The smallest absolute Gasteiger partial charge is 0.229 e. The normalized spacial score (nSPS) is 42.1. The number of nitriles is 1. The molecule has 4 heteroatoms. The van der Waals surface area contributed by atoms with Gasteiger partial charge in [0.15, 0.2) is 0 Å². The standard InChI is InChI=1S/C16H21N3O/c17-7-13-8-19(9-14(13)18)15(20)16-4-10-1-11(5-16)3-12(2-10)6-16/h10-12H,1-6,8-9,18H2. The van der Waals surface area contributed by atoms with E-state index in [0.717, 1.165) is 37.0 Å². The van der Waals surface area contributed by atoms with Crippen LogP contribution in [0, 0.1) is 34.5 Å². The first-order valence-electron chi connectivity index (χ1n) is 7.76. The Bertz CT molecular complexity index is 507. The van der Waals surface area contributed by atoms with Gasteiger partial charge in [-0.25, -0.2) is 0 Å². The molecule has 4 nitrogen and oxygen atoms in total. The number of hydrogen-bond donors (Lipinski definition) is 1. The average molecular weight is 271 g/mol. The summed E-state index contributed by atoms with van der Waals surface area (Å²) in [5.41, 5.74) is 6.94. The second-order valence-electron chi connectivity index (χ2n) is 7.47. The molecule has 20 heavy (non-hydrogen) atoms. The highest BCUT2D eigenvalue weighted by Crippen LogP contribution is 2.60. The fourth-order valence-electron chi connectivity index (χ4n) is 5.61. The van der Waals surface area contributed by atoms with Crippen molar-refractivity contribution in [2.75, 3.05) is 13.1 Å². The molecule has 1 amide bonds. The largest absolute Gasteiger partial charge is 0.400 e. The Morgan fingerprint density at radius 3 is 2.15 bits per heavy atom. The molecule has 0 atom stereocenters. The van der Waals surface area contributed by atoms with Crippen molar-refractivity contribution in [2.24, 2.45) is 28.9 Å². The summed E-state index contributed by atoms with van der Waals surface area (Å²) in [6.07, 6.45) is 7.27. The number of nitrogens with two attached hydrogens (primary N) is 1. The maximum Gasteiger partial charge on any atom is 0.229 e. The Balaban J connectivity index is 1.57. The number of amides is 1. The molecule has 1 heterocycles. The van der Waals surface area contributed by atoms with Crippen LogP contribution in [0.5, 0.6) is 0 Å². The average Bonchev–Trinajstić information content (AvgIpc) is 2.77. The summed E-state index contributed by atoms with van der Waals surface area (Å²) in [6.45, 7) is 0.895. The van der Waals surface area contributed by atoms with Gasteiger partial charge in [0.25, 0.3) is 0 Å². The summed E-state index contributed by atoms with van der Waals surface area (Å²) >= 11 is 0. The topological polar surface area (TPSA) is 70.1 Å². The maximum absolute atomic E-state index is 13.0. The number of hydrogen-bond acceptors (Lipinski definition) is 3. The van der Waals surface area contributed by atoms with Crippen molar-refractivity contribution in [3.8, 4) is 6.07 Å². The zero-order valence-corrected chi connectivity index (χ0v) is 11.8. The molecule has 0 radical (unpaired) electrons. The lowest BCUT2D eigenvalue weighted by Crippen LogP contribution is -2.54. The van der Waals surface area contributed by atoms with Crippen LogP contribution >= 0.6 is 0 Å². The molecule has 4 aliphatic carbocycles. The lowest BCUT2D eigenvalue weighted by molar-refractivity contribution is -0.156. The molecule has 0 aromatic rings. The Morgan fingerprint density at radius 2 is 1.70 bits per heavy atom. The lowest BCUT2D eigenvalue weighted by atomic mass is 9.49. The minimum absolute atomic E-state index is 0.111. The van der Waals surface area contributed by atoms with Crippen LogP contribution in [-0.4, -0.2) is 23.9 Å². The summed E-state index contributed by atoms with van der Waals surface area (Å²) < 4.78 is 0. The van der Waals surface area contributed by atoms with Gasteiger partial charge in [-0.3, -0.25) is 4.79 Å². The molecular weight excluding hydrogens is 250 g/mol. The third-order valence-corrected chi connectivity index (χ3v) is 6.01. The van der Waals surface area contributed by atoms with Gasteiger partial charge in [-0.05, 0) is 56.3 Å². The van der Waals surface area contributed by atoms with E-state index >= 15 is 0 Å². The van der Waals surface area contributed by atoms with Gasteiger partial charge in [0, 0.05) is 5.70 Å². The molecule has 0 unspecified atom stereocenters. The molecule has 4 bridgehead atoms. The SMILES string of the molecule is N#CC1=C(N)CN(C(=O)C23CC4CC(CC(C4)C2)C3)C1. The summed E-state index contributed by atoms with van der Waals surface area (Å²) in [4.78, 5) is 14.9. The van der Waals surface area contributed by atoms with E-state index in [1.54, 1.807) is 0 Å². The van der Waals surface area contributed by atoms with Crippen molar-refractivity contribution in [3.63, 3.8) is 0 Å². The van der Waals surface area contributed by atoms with Crippen molar-refractivity contribution >= 4 is 5.91 Å². The van der Waals surface area contributed by atoms with Crippen LogP contribution in [0.3, 0.4) is 0 Å². The third kappa shape index (κ3) is 1.62. The second kappa shape index (κ2) is 4.00. The Kier molecular flexibility index (Phi) is 2.45. The second-order valence-corrected chi connectivity index (χ2v) is 7.47. The van der Waals surface area contributed by atoms with Gasteiger partial charge < -0.3 is 10.6 Å². The predicted octanol–water partition coefficient (Wildman–Crippen LogP) is 1.78. The van der Waals surface area contributed by atoms with Gasteiger partial charge >= 0.3 is 0 Å². The first kappa shape index (κ1) is 12.3. The van der Waals surface area contributed by atoms with Gasteiger partial charge in [-0.15, -0.1) is 0 Å². The van der Waals surface area contributed by atoms with Crippen LogP contribution in [0.4, 0.5) is 0 Å². The zero-order valence-electron chi connectivity index (χ0n) is 11.8. The van der Waals surface area contributed by atoms with E-state index < -0.39 is 0 Å². The lowest BCUT2D eigenvalue weighted by Gasteiger charge is -2.56. The molecular formula is C16H21N3O. The molecule has 0 saturated heterocycles. The van der Waals surface area contributed by atoms with E-state index in [1.807, 2.05) is 4.90 Å². The van der Waals surface area contributed by atoms with Crippen LogP contribution in [0.25, 0.3) is 0 Å². The van der Waals surface area contributed by atoms with Crippen LogP contribution in [0.1, 0.15) is 38.5 Å². The third-order valence-electron chi connectivity index (χ3n) is 6.01. The highest BCUT2D eigenvalue weighted by molar-refractivity contribution is 5.84. The summed E-state index contributed by atoms with van der Waals surface area (Å²) in [7, 11) is 0. The molecule has 4 fully saturated rings. The first-order chi connectivity index (χ1) is 9.59. The van der Waals surface area contributed by atoms with Crippen molar-refractivity contribution in [2.45, 2.75) is 38.5 Å². The van der Waals surface area contributed by atoms with Crippen LogP contribution < -0.4 is 5.73 Å². The maximum atomic E-state index is 13.0. The van der Waals surface area contributed by atoms with Crippen molar-refractivity contribution in [1.82, 2.24) is 4.90 Å². The number of nitrogens with zero attached hydrogens (tertiary/aromatic N) is 2. The van der Waals surface area contributed by atoms with Crippen LogP contribution in [0.15, 0.2) is 11.3 Å². The van der Waals surface area contributed by atoms with Gasteiger partial charge in [0.2, 0.25) is 5.91 Å². The summed E-state index contributed by atoms with van der Waals surface area (Å²) in [5.74, 6) is 2.60. The Morgan fingerprint density at radius 1 is 1.15 bits per heavy atom. The fourth-order valence-corrected chi connectivity index (χ4v) is 5.61. The highest BCUT2D eigenvalue weighted by Gasteiger charge is 2.55. The fraction of sp³-hybridized carbons (Fsp3) is 0.750. The molecule has 0 aromatic heterocycles. The quantitative estimate of drug-likeness (QED) is 0.790. The highest BCUT2D eigenvalue weighted by atomic mass is 16.2. The molecule has 4 saturated carbocycles. The summed E-state index contributed by atoms with van der Waals surface area (Å²) in [6, 6.07) is 2.13. The molecule has 2 N–H and O–H groups in total. The van der Waals surface area contributed by atoms with Gasteiger partial charge in [-0.2, -0.15) is 5.26 Å². The Hall–Kier alpha value is -1.50. The van der Waals surface area contributed by atoms with Crippen molar-refractivity contribution in [3.05, 3.63) is 11.3 Å². The number of carbonyl (C=O) groups excluding carboxylic acids is 1. The molecule has 0 aromatic carbocycles. The van der Waals surface area contributed by atoms with E-state index in [0.29, 0.717) is 24.4 Å². The summed E-state index contributed by atoms with van der Waals surface area (Å²) in [5, 5.41) is 9.04. The van der Waals surface area contributed by atoms with Crippen molar-refractivity contribution in [1.29, 1.82) is 5.26 Å². The van der Waals surface area contributed by atoms with Crippen LogP contribution in [0.2, 0.25) is 0 Å². The zero-order chi connectivity index (χ0) is 13.9. The molecule has 1 aliphatic heterocycles. The van der Waals surface area contributed by atoms with Gasteiger partial charge in [0.1, 0.15) is 0 Å². The van der Waals surface area contributed by atoms with E-state index in [2.05, 4.69) is 6.07 Å². The number of carbonyl (C=O) groups is 1. The predicted molar refractivity (Wildman–Crippen MR) is 74.0 cm³/mol. The van der Waals surface area contributed by atoms with E-state index in [-0.39, 0.29) is 11.3 Å². The van der Waals surface area contributed by atoms with Gasteiger partial charge in [0.05, 0.1) is 30.1 Å². The first-order valence-corrected chi connectivity index (χ1v) is 7.76. The van der Waals surface area contributed by atoms with E-state index in [9.17, 15) is 4.79 Å². The van der Waals surface area contributed by atoms with Gasteiger partial charge in [-0.1, -0.05) is 0 Å². The molecule has 5 rings (SSSR count). The van der Waals surface area contributed by atoms with Crippen LogP contribution in [-0.2, 0) is 4.79 Å². The molecule has 5 aliphatic rings. The Labute approximate surface area is 119 Å². The minimum atomic E-state index is -0.111. The monoisotopic (exact) mass is 271 g/mol. The van der Waals surface area contributed by atoms with E-state index in [1.165, 1.54) is 19.3 Å². The minimum Gasteiger partial charge on any atom is -0.400 e. The number of rotatable bonds is 1. The van der Waals surface area contributed by atoms with E-state index in [4.69, 9.17) is 11.0 Å². The molecule has 0 spiro atoms. The molecule has 106 valence electrons. The van der Waals surface area contributed by atoms with Crippen molar-refractivity contribution < 1.29 is 4.79 Å².